The maximum absolute atomic E-state index is 14.2. The molecule has 0 radical (unpaired) electrons. The van der Waals surface area contributed by atoms with Crippen LogP contribution in [-0.4, -0.2) is 40.3 Å². The van der Waals surface area contributed by atoms with Crippen LogP contribution < -0.4 is 4.74 Å². The Labute approximate surface area is 222 Å². The van der Waals surface area contributed by atoms with Crippen molar-refractivity contribution in [2.24, 2.45) is 17.3 Å². The van der Waals surface area contributed by atoms with Crippen LogP contribution in [0.4, 0.5) is 26.3 Å². The molecule has 39 heavy (non-hydrogen) atoms. The predicted molar refractivity (Wildman–Crippen MR) is 131 cm³/mol. The molecule has 2 aromatic rings. The van der Waals surface area contributed by atoms with Gasteiger partial charge in [-0.2, -0.15) is 26.3 Å². The lowest BCUT2D eigenvalue weighted by Crippen LogP contribution is -2.63. The summed E-state index contributed by atoms with van der Waals surface area (Å²) in [6, 6.07) is 8.08. The molecule has 2 unspecified atom stereocenters. The van der Waals surface area contributed by atoms with E-state index in [0.717, 1.165) is 24.8 Å². The van der Waals surface area contributed by atoms with Gasteiger partial charge in [0.25, 0.3) is 0 Å². The number of hydrogen-bond donors (Lipinski definition) is 1. The summed E-state index contributed by atoms with van der Waals surface area (Å²) >= 11 is 0. The van der Waals surface area contributed by atoms with Crippen molar-refractivity contribution in [3.05, 3.63) is 41.5 Å². The predicted octanol–water partition coefficient (Wildman–Crippen LogP) is 7.58. The monoisotopic (exact) mass is 555 g/mol. The Morgan fingerprint density at radius 3 is 2.21 bits per heavy atom. The SMILES string of the molecule is O=C(O)C12CC3CC(C1)N(Cc1ccc4c(C(F)(F)F)c(OC5CCC(C(F)(F)F)CC5)ccc4c1)C(C3)C2. The summed E-state index contributed by atoms with van der Waals surface area (Å²) in [7, 11) is 0. The van der Waals surface area contributed by atoms with Gasteiger partial charge in [-0.3, -0.25) is 9.69 Å². The molecule has 3 aliphatic carbocycles. The molecule has 1 N–H and O–H groups in total. The smallest absolute Gasteiger partial charge is 0.420 e. The molecule has 2 aliphatic heterocycles. The molecule has 7 rings (SSSR count). The molecular formula is C29H31F6NO3. The van der Waals surface area contributed by atoms with E-state index in [2.05, 4.69) is 4.90 Å². The highest BCUT2D eigenvalue weighted by Gasteiger charge is 2.57. The molecule has 5 aliphatic rings. The Kier molecular flexibility index (Phi) is 6.36. The Balaban J connectivity index is 1.22. The number of halogens is 6. The highest BCUT2D eigenvalue weighted by molar-refractivity contribution is 5.89. The Hall–Kier alpha value is -2.49. The van der Waals surface area contributed by atoms with E-state index in [9.17, 15) is 36.2 Å². The third-order valence-electron chi connectivity index (χ3n) is 9.66. The van der Waals surface area contributed by atoms with Crippen LogP contribution in [0.3, 0.4) is 0 Å². The fourth-order valence-corrected chi connectivity index (χ4v) is 7.97. The number of piperidine rings is 2. The summed E-state index contributed by atoms with van der Waals surface area (Å²) < 4.78 is 87.4. The van der Waals surface area contributed by atoms with Crippen LogP contribution in [0.15, 0.2) is 30.3 Å². The van der Waals surface area contributed by atoms with Crippen LogP contribution in [0.1, 0.15) is 68.9 Å². The van der Waals surface area contributed by atoms with Gasteiger partial charge in [0.15, 0.2) is 0 Å². The minimum atomic E-state index is -4.70. The number of nitrogens with zero attached hydrogens (tertiary/aromatic N) is 1. The second kappa shape index (κ2) is 9.28. The molecule has 2 saturated heterocycles. The molecule has 5 fully saturated rings. The average molecular weight is 556 g/mol. The largest absolute Gasteiger partial charge is 0.490 e. The molecular weight excluding hydrogens is 524 g/mol. The average Bonchev–Trinajstić information content (AvgIpc) is 2.84. The summed E-state index contributed by atoms with van der Waals surface area (Å²) in [5.41, 5.74) is -0.671. The highest BCUT2D eigenvalue weighted by atomic mass is 19.4. The number of carboxylic acid groups (broad SMARTS) is 1. The molecule has 0 spiro atoms. The Bertz CT molecular complexity index is 1250. The fourth-order valence-electron chi connectivity index (χ4n) is 7.97. The molecule has 2 aromatic carbocycles. The lowest BCUT2D eigenvalue weighted by atomic mass is 9.55. The molecule has 4 nitrogen and oxygen atoms in total. The normalized spacial score (nSPS) is 33.0. The van der Waals surface area contributed by atoms with Gasteiger partial charge in [0, 0.05) is 18.6 Å². The summed E-state index contributed by atoms with van der Waals surface area (Å²) in [6.45, 7) is 0.551. The van der Waals surface area contributed by atoms with E-state index >= 15 is 0 Å². The van der Waals surface area contributed by atoms with Crippen molar-refractivity contribution in [1.82, 2.24) is 4.90 Å². The molecule has 2 heterocycles. The second-order valence-corrected chi connectivity index (χ2v) is 12.1. The Morgan fingerprint density at radius 2 is 1.62 bits per heavy atom. The third kappa shape index (κ3) is 4.87. The van der Waals surface area contributed by atoms with Gasteiger partial charge < -0.3 is 9.84 Å². The number of rotatable bonds is 5. The number of aliphatic carboxylic acids is 1. The van der Waals surface area contributed by atoms with Crippen molar-refractivity contribution in [2.75, 3.05) is 0 Å². The number of fused-ring (bicyclic) bond motifs is 1. The molecule has 0 amide bonds. The van der Waals surface area contributed by atoms with E-state index in [-0.39, 0.29) is 48.9 Å². The van der Waals surface area contributed by atoms with Gasteiger partial charge in [0.1, 0.15) is 11.3 Å². The van der Waals surface area contributed by atoms with Crippen LogP contribution in [-0.2, 0) is 17.5 Å². The van der Waals surface area contributed by atoms with E-state index in [1.807, 2.05) is 0 Å². The van der Waals surface area contributed by atoms with Crippen molar-refractivity contribution in [3.63, 3.8) is 0 Å². The van der Waals surface area contributed by atoms with E-state index in [0.29, 0.717) is 30.7 Å². The van der Waals surface area contributed by atoms with Crippen molar-refractivity contribution >= 4 is 16.7 Å². The lowest BCUT2D eigenvalue weighted by Gasteiger charge is -2.60. The minimum Gasteiger partial charge on any atom is -0.490 e. The van der Waals surface area contributed by atoms with E-state index in [1.54, 1.807) is 18.2 Å². The van der Waals surface area contributed by atoms with Crippen molar-refractivity contribution in [1.29, 1.82) is 0 Å². The zero-order valence-electron chi connectivity index (χ0n) is 21.3. The second-order valence-electron chi connectivity index (χ2n) is 12.1. The number of hydrogen-bond acceptors (Lipinski definition) is 3. The van der Waals surface area contributed by atoms with Crippen LogP contribution in [0.5, 0.6) is 5.75 Å². The van der Waals surface area contributed by atoms with Gasteiger partial charge in [-0.1, -0.05) is 18.2 Å². The van der Waals surface area contributed by atoms with Crippen molar-refractivity contribution < 1.29 is 41.0 Å². The maximum atomic E-state index is 14.2. The summed E-state index contributed by atoms with van der Waals surface area (Å²) in [6.07, 6.45) is -5.98. The standard InChI is InChI=1S/C29H31F6NO3/c30-28(31,32)19-3-5-22(6-4-19)39-24-8-2-18-9-16(1-7-23(18)25(24)29(33,34)35)15-36-20-10-17-11-21(36)14-27(12-17,13-20)26(37)38/h1-2,7-9,17,19-22H,3-6,10-15H2,(H,37,38). The minimum absolute atomic E-state index is 0.00218. The molecule has 3 saturated carbocycles. The first-order valence-corrected chi connectivity index (χ1v) is 13.7. The van der Waals surface area contributed by atoms with Gasteiger partial charge in [-0.05, 0) is 92.2 Å². The summed E-state index contributed by atoms with van der Waals surface area (Å²) in [5.74, 6) is -2.07. The van der Waals surface area contributed by atoms with Crippen LogP contribution >= 0.6 is 0 Å². The summed E-state index contributed by atoms with van der Waals surface area (Å²) in [5, 5.41) is 10.3. The Morgan fingerprint density at radius 1 is 0.949 bits per heavy atom. The zero-order valence-corrected chi connectivity index (χ0v) is 21.3. The number of carboxylic acids is 1. The topological polar surface area (TPSA) is 49.8 Å². The van der Waals surface area contributed by atoms with Gasteiger partial charge in [-0.15, -0.1) is 0 Å². The molecule has 10 heteroatoms. The molecule has 4 bridgehead atoms. The van der Waals surface area contributed by atoms with Gasteiger partial charge >= 0.3 is 18.3 Å². The number of alkyl halides is 6. The maximum Gasteiger partial charge on any atom is 0.420 e. The van der Waals surface area contributed by atoms with Crippen LogP contribution in [0.25, 0.3) is 10.8 Å². The van der Waals surface area contributed by atoms with Gasteiger partial charge in [0.2, 0.25) is 0 Å². The lowest BCUT2D eigenvalue weighted by molar-refractivity contribution is -0.185. The van der Waals surface area contributed by atoms with Gasteiger partial charge in [0.05, 0.1) is 17.4 Å². The van der Waals surface area contributed by atoms with Crippen molar-refractivity contribution in [2.45, 2.75) is 94.9 Å². The number of carbonyl (C=O) groups is 1. The first kappa shape index (κ1) is 26.7. The van der Waals surface area contributed by atoms with E-state index < -0.39 is 41.3 Å². The molecule has 2 atom stereocenters. The van der Waals surface area contributed by atoms with E-state index in [4.69, 9.17) is 4.74 Å². The molecule has 0 aromatic heterocycles. The zero-order chi connectivity index (χ0) is 27.7. The van der Waals surface area contributed by atoms with Crippen LogP contribution in [0, 0.1) is 17.3 Å². The van der Waals surface area contributed by atoms with Crippen molar-refractivity contribution in [3.8, 4) is 5.75 Å². The van der Waals surface area contributed by atoms with Crippen LogP contribution in [0.2, 0.25) is 0 Å². The molecule has 212 valence electrons. The fraction of sp³-hybridized carbons (Fsp3) is 0.621. The third-order valence-corrected chi connectivity index (χ3v) is 9.66. The highest BCUT2D eigenvalue weighted by Crippen LogP contribution is 2.56. The quantitative estimate of drug-likeness (QED) is 0.387. The van der Waals surface area contributed by atoms with E-state index in [1.165, 1.54) is 12.1 Å². The number of ether oxygens (including phenoxy) is 1. The van der Waals surface area contributed by atoms with Gasteiger partial charge in [-0.25, -0.2) is 0 Å². The number of benzene rings is 2. The first-order chi connectivity index (χ1) is 18.3. The first-order valence-electron chi connectivity index (χ1n) is 13.7. The summed E-state index contributed by atoms with van der Waals surface area (Å²) in [4.78, 5) is 14.4.